The SMILES string of the molecule is C[C@H](NS(=O)(=O)c1ccc(F)c(F)c1F)c1cccc2ccccc12. The Labute approximate surface area is 143 Å². The highest BCUT2D eigenvalue weighted by Gasteiger charge is 2.26. The first-order valence-electron chi connectivity index (χ1n) is 7.45. The third-order valence-corrected chi connectivity index (χ3v) is 5.47. The van der Waals surface area contributed by atoms with Gasteiger partial charge in [0.25, 0.3) is 0 Å². The van der Waals surface area contributed by atoms with Crippen LogP contribution >= 0.6 is 0 Å². The lowest BCUT2D eigenvalue weighted by Crippen LogP contribution is -2.28. The zero-order chi connectivity index (χ0) is 18.2. The second-order valence-electron chi connectivity index (χ2n) is 5.58. The quantitative estimate of drug-likeness (QED) is 0.701. The number of sulfonamides is 1. The molecule has 0 aliphatic carbocycles. The molecule has 0 heterocycles. The summed E-state index contributed by atoms with van der Waals surface area (Å²) in [6, 6.07) is 13.4. The second kappa shape index (κ2) is 6.50. The maximum Gasteiger partial charge on any atom is 0.244 e. The van der Waals surface area contributed by atoms with Crippen molar-refractivity contribution in [3.8, 4) is 0 Å². The van der Waals surface area contributed by atoms with Gasteiger partial charge in [0.05, 0.1) is 0 Å². The predicted molar refractivity (Wildman–Crippen MR) is 89.0 cm³/mol. The molecular formula is C18H14F3NO2S. The Hall–Kier alpha value is -2.38. The number of rotatable bonds is 4. The van der Waals surface area contributed by atoms with Crippen LogP contribution in [0.5, 0.6) is 0 Å². The molecule has 3 aromatic rings. The molecule has 7 heteroatoms. The molecule has 0 radical (unpaired) electrons. The molecule has 0 aliphatic rings. The number of hydrogen-bond acceptors (Lipinski definition) is 2. The molecule has 0 unspecified atom stereocenters. The topological polar surface area (TPSA) is 46.2 Å². The molecule has 0 saturated heterocycles. The van der Waals surface area contributed by atoms with E-state index < -0.39 is 38.4 Å². The summed E-state index contributed by atoms with van der Waals surface area (Å²) in [7, 11) is -4.38. The van der Waals surface area contributed by atoms with Crippen LogP contribution in [0.2, 0.25) is 0 Å². The zero-order valence-electron chi connectivity index (χ0n) is 13.1. The van der Waals surface area contributed by atoms with Crippen molar-refractivity contribution in [1.29, 1.82) is 0 Å². The standard InChI is InChI=1S/C18H14F3NO2S/c1-11(13-8-4-6-12-5-2-3-7-14(12)13)22-25(23,24)16-10-9-15(19)17(20)18(16)21/h2-11,22H,1H3/t11-/m0/s1. The molecule has 3 aromatic carbocycles. The van der Waals surface area contributed by atoms with Crippen LogP contribution in [-0.2, 0) is 10.0 Å². The van der Waals surface area contributed by atoms with Gasteiger partial charge in [0.15, 0.2) is 17.5 Å². The maximum atomic E-state index is 13.8. The van der Waals surface area contributed by atoms with Crippen LogP contribution in [0.4, 0.5) is 13.2 Å². The van der Waals surface area contributed by atoms with Crippen LogP contribution in [0.1, 0.15) is 18.5 Å². The molecule has 0 saturated carbocycles. The summed E-state index contributed by atoms with van der Waals surface area (Å²) in [5, 5.41) is 1.76. The summed E-state index contributed by atoms with van der Waals surface area (Å²) < 4.78 is 67.3. The summed E-state index contributed by atoms with van der Waals surface area (Å²) in [5.74, 6) is -5.00. The molecule has 1 N–H and O–H groups in total. The van der Waals surface area contributed by atoms with E-state index in [0.29, 0.717) is 17.7 Å². The van der Waals surface area contributed by atoms with Gasteiger partial charge in [0, 0.05) is 6.04 Å². The van der Waals surface area contributed by atoms with Gasteiger partial charge < -0.3 is 0 Å². The van der Waals surface area contributed by atoms with Gasteiger partial charge in [0.2, 0.25) is 10.0 Å². The molecule has 0 aromatic heterocycles. The fraction of sp³-hybridized carbons (Fsp3) is 0.111. The number of nitrogens with one attached hydrogen (secondary N) is 1. The monoisotopic (exact) mass is 365 g/mol. The minimum atomic E-state index is -4.38. The first-order chi connectivity index (χ1) is 11.8. The summed E-state index contributed by atoms with van der Waals surface area (Å²) in [4.78, 5) is -0.932. The van der Waals surface area contributed by atoms with Gasteiger partial charge in [-0.1, -0.05) is 42.5 Å². The van der Waals surface area contributed by atoms with E-state index in [1.807, 2.05) is 30.3 Å². The fourth-order valence-electron chi connectivity index (χ4n) is 2.70. The van der Waals surface area contributed by atoms with Crippen molar-refractivity contribution in [3.63, 3.8) is 0 Å². The fourth-order valence-corrected chi connectivity index (χ4v) is 4.00. The van der Waals surface area contributed by atoms with Crippen LogP contribution in [-0.4, -0.2) is 8.42 Å². The highest BCUT2D eigenvalue weighted by molar-refractivity contribution is 7.89. The summed E-state index contributed by atoms with van der Waals surface area (Å²) in [6.07, 6.45) is 0. The zero-order valence-corrected chi connectivity index (χ0v) is 13.9. The molecule has 1 atom stereocenters. The van der Waals surface area contributed by atoms with E-state index in [-0.39, 0.29) is 0 Å². The molecule has 3 rings (SSSR count). The summed E-state index contributed by atoms with van der Waals surface area (Å²) >= 11 is 0. The predicted octanol–water partition coefficient (Wildman–Crippen LogP) is 4.30. The number of benzene rings is 3. The summed E-state index contributed by atoms with van der Waals surface area (Å²) in [5.41, 5.74) is 0.685. The van der Waals surface area contributed by atoms with Crippen molar-refractivity contribution in [2.75, 3.05) is 0 Å². The van der Waals surface area contributed by atoms with Crippen LogP contribution < -0.4 is 4.72 Å². The van der Waals surface area contributed by atoms with Gasteiger partial charge >= 0.3 is 0 Å². The highest BCUT2D eigenvalue weighted by atomic mass is 32.2. The Bertz CT molecular complexity index is 1050. The number of halogens is 3. The minimum Gasteiger partial charge on any atom is -0.207 e. The van der Waals surface area contributed by atoms with Crippen LogP contribution in [0.25, 0.3) is 10.8 Å². The molecular weight excluding hydrogens is 351 g/mol. The Kier molecular flexibility index (Phi) is 4.53. The molecule has 0 fully saturated rings. The molecule has 0 amide bonds. The van der Waals surface area contributed by atoms with E-state index >= 15 is 0 Å². The van der Waals surface area contributed by atoms with Crippen LogP contribution in [0.3, 0.4) is 0 Å². The van der Waals surface area contributed by atoms with Gasteiger partial charge in [-0.05, 0) is 35.4 Å². The Balaban J connectivity index is 1.99. The highest BCUT2D eigenvalue weighted by Crippen LogP contribution is 2.26. The van der Waals surface area contributed by atoms with Crippen molar-refractivity contribution in [3.05, 3.63) is 77.6 Å². The Morgan fingerprint density at radius 3 is 2.32 bits per heavy atom. The molecule has 25 heavy (non-hydrogen) atoms. The van der Waals surface area contributed by atoms with E-state index in [4.69, 9.17) is 0 Å². The molecule has 0 spiro atoms. The lowest BCUT2D eigenvalue weighted by atomic mass is 10.0. The van der Waals surface area contributed by atoms with E-state index in [1.165, 1.54) is 0 Å². The lowest BCUT2D eigenvalue weighted by Gasteiger charge is -2.17. The van der Waals surface area contributed by atoms with E-state index in [9.17, 15) is 21.6 Å². The average molecular weight is 365 g/mol. The first kappa shape index (κ1) is 17.4. The number of fused-ring (bicyclic) bond motifs is 1. The van der Waals surface area contributed by atoms with Gasteiger partial charge in [-0.2, -0.15) is 0 Å². The van der Waals surface area contributed by atoms with Crippen molar-refractivity contribution in [2.24, 2.45) is 0 Å². The van der Waals surface area contributed by atoms with Gasteiger partial charge in [-0.25, -0.2) is 26.3 Å². The first-order valence-corrected chi connectivity index (χ1v) is 8.93. The van der Waals surface area contributed by atoms with Crippen LogP contribution in [0, 0.1) is 17.5 Å². The van der Waals surface area contributed by atoms with Gasteiger partial charge in [-0.3, -0.25) is 0 Å². The molecule has 0 aliphatic heterocycles. The lowest BCUT2D eigenvalue weighted by molar-refractivity contribution is 0.431. The largest absolute Gasteiger partial charge is 0.244 e. The van der Waals surface area contributed by atoms with Gasteiger partial charge in [-0.15, -0.1) is 0 Å². The third-order valence-electron chi connectivity index (χ3n) is 3.91. The van der Waals surface area contributed by atoms with Crippen LogP contribution in [0.15, 0.2) is 59.5 Å². The molecule has 3 nitrogen and oxygen atoms in total. The number of hydrogen-bond donors (Lipinski definition) is 1. The maximum absolute atomic E-state index is 13.8. The summed E-state index contributed by atoms with van der Waals surface area (Å²) in [6.45, 7) is 1.59. The van der Waals surface area contributed by atoms with Crippen molar-refractivity contribution >= 4 is 20.8 Å². The van der Waals surface area contributed by atoms with Crippen molar-refractivity contribution in [1.82, 2.24) is 4.72 Å². The molecule has 130 valence electrons. The normalized spacial score (nSPS) is 13.1. The van der Waals surface area contributed by atoms with Crippen molar-refractivity contribution in [2.45, 2.75) is 17.9 Å². The average Bonchev–Trinajstić information content (AvgIpc) is 2.58. The van der Waals surface area contributed by atoms with Gasteiger partial charge in [0.1, 0.15) is 4.90 Å². The molecule has 0 bridgehead atoms. The minimum absolute atomic E-state index is 0.579. The Morgan fingerprint density at radius 1 is 0.880 bits per heavy atom. The van der Waals surface area contributed by atoms with Crippen molar-refractivity contribution < 1.29 is 21.6 Å². The Morgan fingerprint density at radius 2 is 1.56 bits per heavy atom. The van der Waals surface area contributed by atoms with E-state index in [1.54, 1.807) is 19.1 Å². The van der Waals surface area contributed by atoms with E-state index in [0.717, 1.165) is 10.8 Å². The smallest absolute Gasteiger partial charge is 0.207 e. The van der Waals surface area contributed by atoms with E-state index in [2.05, 4.69) is 4.72 Å². The second-order valence-corrected chi connectivity index (χ2v) is 7.27. The third kappa shape index (κ3) is 3.25.